The van der Waals surface area contributed by atoms with Crippen LogP contribution in [0, 0.1) is 6.92 Å². The molecule has 4 aromatic rings. The first-order valence-corrected chi connectivity index (χ1v) is 14.8. The molecule has 6 rings (SSSR count). The second-order valence-electron chi connectivity index (χ2n) is 10.1. The van der Waals surface area contributed by atoms with E-state index in [2.05, 4.69) is 46.1 Å². The highest BCUT2D eigenvalue weighted by Gasteiger charge is 2.23. The number of rotatable bonds is 5. The zero-order valence-corrected chi connectivity index (χ0v) is 22.5. The van der Waals surface area contributed by atoms with Crippen molar-refractivity contribution in [1.29, 1.82) is 0 Å². The molecule has 8 heteroatoms. The first-order chi connectivity index (χ1) is 18.5. The number of piperidine rings is 2. The van der Waals surface area contributed by atoms with Crippen molar-refractivity contribution in [2.75, 3.05) is 26.2 Å². The van der Waals surface area contributed by atoms with Gasteiger partial charge in [-0.2, -0.15) is 8.42 Å². The van der Waals surface area contributed by atoms with Crippen LogP contribution in [0.25, 0.3) is 11.0 Å². The molecule has 0 aliphatic carbocycles. The van der Waals surface area contributed by atoms with E-state index in [1.807, 2.05) is 25.1 Å². The van der Waals surface area contributed by atoms with Crippen molar-refractivity contribution in [3.63, 3.8) is 0 Å². The van der Waals surface area contributed by atoms with Crippen LogP contribution in [-0.4, -0.2) is 39.8 Å². The van der Waals surface area contributed by atoms with E-state index < -0.39 is 10.1 Å². The predicted molar refractivity (Wildman–Crippen MR) is 149 cm³/mol. The van der Waals surface area contributed by atoms with Crippen LogP contribution in [0.4, 0.5) is 0 Å². The molecular weight excluding hydrogens is 498 g/mol. The molecule has 0 radical (unpaired) electrons. The van der Waals surface area contributed by atoms with E-state index in [1.165, 1.54) is 43.6 Å². The zero-order chi connectivity index (χ0) is 26.4. The third kappa shape index (κ3) is 6.43. The lowest BCUT2D eigenvalue weighted by atomic mass is 9.90. The van der Waals surface area contributed by atoms with Crippen LogP contribution in [-0.2, 0) is 10.1 Å². The number of nitrogens with one attached hydrogen (secondary N) is 2. The predicted octanol–water partition coefficient (Wildman–Crippen LogP) is 5.52. The van der Waals surface area contributed by atoms with Crippen molar-refractivity contribution < 1.29 is 17.1 Å². The number of nitrogens with zero attached hydrogens (tertiary/aromatic N) is 1. The lowest BCUT2D eigenvalue weighted by Crippen LogP contribution is -2.26. The number of aromatic nitrogens is 1. The minimum atomic E-state index is -3.96. The van der Waals surface area contributed by atoms with Crippen LogP contribution in [0.5, 0.6) is 5.88 Å². The molecule has 0 atom stereocenters. The van der Waals surface area contributed by atoms with Gasteiger partial charge in [-0.05, 0) is 111 Å². The summed E-state index contributed by atoms with van der Waals surface area (Å²) < 4.78 is 35.6. The minimum Gasteiger partial charge on any atom is -0.354 e. The molecule has 3 aromatic carbocycles. The first kappa shape index (κ1) is 26.4. The van der Waals surface area contributed by atoms with Crippen molar-refractivity contribution in [1.82, 2.24) is 15.8 Å². The van der Waals surface area contributed by atoms with Crippen molar-refractivity contribution in [3.8, 4) is 5.88 Å². The van der Waals surface area contributed by atoms with Gasteiger partial charge in [0.2, 0.25) is 0 Å². The molecule has 2 fully saturated rings. The van der Waals surface area contributed by atoms with Gasteiger partial charge in [0.15, 0.2) is 5.58 Å². The Kier molecular flexibility index (Phi) is 8.42. The summed E-state index contributed by atoms with van der Waals surface area (Å²) >= 11 is 0. The normalized spacial score (nSPS) is 17.1. The minimum absolute atomic E-state index is 0.0173. The van der Waals surface area contributed by atoms with Gasteiger partial charge in [-0.3, -0.25) is 0 Å². The summed E-state index contributed by atoms with van der Waals surface area (Å²) in [7, 11) is -3.96. The SMILES string of the molecule is Cc1ccc(S(=O)(=O)Oc2noc3ccc(C4CCNCC4)cc23)cc1.c1ccc(C2CCNCC2)cc1. The van der Waals surface area contributed by atoms with E-state index >= 15 is 0 Å². The third-order valence-corrected chi connectivity index (χ3v) is 8.61. The molecule has 7 nitrogen and oxygen atoms in total. The Morgan fingerprint density at radius 3 is 2.03 bits per heavy atom. The number of hydrogen-bond acceptors (Lipinski definition) is 7. The van der Waals surface area contributed by atoms with Crippen molar-refractivity contribution in [2.24, 2.45) is 0 Å². The van der Waals surface area contributed by atoms with E-state index in [4.69, 9.17) is 8.71 Å². The van der Waals surface area contributed by atoms with E-state index in [0.29, 0.717) is 16.9 Å². The highest BCUT2D eigenvalue weighted by atomic mass is 32.2. The summed E-state index contributed by atoms with van der Waals surface area (Å²) in [6, 6.07) is 23.1. The van der Waals surface area contributed by atoms with Crippen LogP contribution >= 0.6 is 0 Å². The fourth-order valence-electron chi connectivity index (χ4n) is 5.14. The van der Waals surface area contributed by atoms with Crippen LogP contribution in [0.1, 0.15) is 54.2 Å². The first-order valence-electron chi connectivity index (χ1n) is 13.4. The van der Waals surface area contributed by atoms with Crippen molar-refractivity contribution in [3.05, 3.63) is 89.5 Å². The Labute approximate surface area is 224 Å². The molecule has 0 bridgehead atoms. The van der Waals surface area contributed by atoms with Crippen LogP contribution in [0.3, 0.4) is 0 Å². The van der Waals surface area contributed by atoms with Crippen LogP contribution < -0.4 is 14.8 Å². The Morgan fingerprint density at radius 1 is 0.789 bits per heavy atom. The smallest absolute Gasteiger partial charge is 0.340 e. The van der Waals surface area contributed by atoms with Crippen molar-refractivity contribution in [2.45, 2.75) is 49.3 Å². The molecule has 3 heterocycles. The van der Waals surface area contributed by atoms with Gasteiger partial charge in [-0.1, -0.05) is 54.1 Å². The van der Waals surface area contributed by atoms with Crippen LogP contribution in [0.2, 0.25) is 0 Å². The largest absolute Gasteiger partial charge is 0.354 e. The molecule has 0 unspecified atom stereocenters. The molecule has 0 saturated carbocycles. The molecular formula is C30H35N3O4S. The Hall–Kier alpha value is -3.20. The fourth-order valence-corrected chi connectivity index (χ4v) is 6.03. The highest BCUT2D eigenvalue weighted by molar-refractivity contribution is 7.87. The number of fused-ring (bicyclic) bond motifs is 1. The summed E-state index contributed by atoms with van der Waals surface area (Å²) in [6.07, 6.45) is 4.69. The standard InChI is InChI=1S/C19H20N2O4S.C11H15N/c1-13-2-5-16(6-3-13)26(22,23)25-19-17-12-15(4-7-18(17)24-21-19)14-8-10-20-11-9-14;1-2-4-10(5-3-1)11-6-8-12-9-7-11/h2-7,12,14,20H,8-11H2,1H3;1-5,11-12H,6-9H2. The Morgan fingerprint density at radius 2 is 1.39 bits per heavy atom. The maximum Gasteiger partial charge on any atom is 0.340 e. The number of benzene rings is 3. The second-order valence-corrected chi connectivity index (χ2v) is 11.6. The molecule has 1 aromatic heterocycles. The lowest BCUT2D eigenvalue weighted by molar-refractivity contribution is 0.404. The average molecular weight is 534 g/mol. The second kappa shape index (κ2) is 12.1. The van der Waals surface area contributed by atoms with E-state index in [-0.39, 0.29) is 10.8 Å². The average Bonchev–Trinajstić information content (AvgIpc) is 3.36. The fraction of sp³-hybridized carbons (Fsp3) is 0.367. The Bertz CT molecular complexity index is 1420. The van der Waals surface area contributed by atoms with Gasteiger partial charge in [-0.25, -0.2) is 0 Å². The summed E-state index contributed by atoms with van der Waals surface area (Å²) in [5, 5.41) is 11.1. The molecule has 2 N–H and O–H groups in total. The number of hydrogen-bond donors (Lipinski definition) is 2. The maximum absolute atomic E-state index is 12.5. The summed E-state index contributed by atoms with van der Waals surface area (Å²) in [6.45, 7) is 6.22. The topological polar surface area (TPSA) is 93.5 Å². The van der Waals surface area contributed by atoms with Gasteiger partial charge in [0, 0.05) is 0 Å². The van der Waals surface area contributed by atoms with Crippen molar-refractivity contribution >= 4 is 21.1 Å². The maximum atomic E-state index is 12.5. The van der Waals surface area contributed by atoms with Gasteiger partial charge in [0.05, 0.1) is 5.39 Å². The molecule has 0 spiro atoms. The molecule has 2 aliphatic heterocycles. The van der Waals surface area contributed by atoms with E-state index in [9.17, 15) is 8.42 Å². The van der Waals surface area contributed by atoms with E-state index in [0.717, 1.165) is 43.0 Å². The molecule has 200 valence electrons. The lowest BCUT2D eigenvalue weighted by Gasteiger charge is -2.22. The monoisotopic (exact) mass is 533 g/mol. The highest BCUT2D eigenvalue weighted by Crippen LogP contribution is 2.33. The van der Waals surface area contributed by atoms with Gasteiger partial charge < -0.3 is 19.3 Å². The summed E-state index contributed by atoms with van der Waals surface area (Å²) in [4.78, 5) is 0.0914. The van der Waals surface area contributed by atoms with Gasteiger partial charge in [-0.15, -0.1) is 0 Å². The Balaban J connectivity index is 0.000000204. The third-order valence-electron chi connectivity index (χ3n) is 7.38. The quantitative estimate of drug-likeness (QED) is 0.326. The zero-order valence-electron chi connectivity index (χ0n) is 21.7. The molecule has 0 amide bonds. The number of aryl methyl sites for hydroxylation is 1. The van der Waals surface area contributed by atoms with Gasteiger partial charge in [0.1, 0.15) is 4.90 Å². The molecule has 38 heavy (non-hydrogen) atoms. The van der Waals surface area contributed by atoms with E-state index in [1.54, 1.807) is 12.1 Å². The summed E-state index contributed by atoms with van der Waals surface area (Å²) in [5.41, 5.74) is 4.15. The summed E-state index contributed by atoms with van der Waals surface area (Å²) in [5.74, 6) is 1.22. The molecule has 2 saturated heterocycles. The molecule has 2 aliphatic rings. The van der Waals surface area contributed by atoms with Gasteiger partial charge in [0.25, 0.3) is 5.88 Å². The van der Waals surface area contributed by atoms with Crippen LogP contribution in [0.15, 0.2) is 82.2 Å². The van der Waals surface area contributed by atoms with Gasteiger partial charge >= 0.3 is 10.1 Å².